The number of aryl methyl sites for hydroxylation is 2. The fourth-order valence-electron chi connectivity index (χ4n) is 2.55. The standard InChI is InChI=1S/C18H17ClN2O2/c19-16-7-4-13(5-8-16)11-20-21-18(22)12-23-17-9-6-14-2-1-3-15(14)10-17/h4-11H,1-3,12H2,(H,21,22)/b20-11+. The number of hydrogen-bond acceptors (Lipinski definition) is 3. The Morgan fingerprint density at radius 1 is 1.17 bits per heavy atom. The van der Waals surface area contributed by atoms with Gasteiger partial charge < -0.3 is 4.74 Å². The highest BCUT2D eigenvalue weighted by atomic mass is 35.5. The molecular formula is C18H17ClN2O2. The van der Waals surface area contributed by atoms with Crippen LogP contribution in [0.25, 0.3) is 0 Å². The minimum Gasteiger partial charge on any atom is -0.484 e. The van der Waals surface area contributed by atoms with E-state index in [1.165, 1.54) is 17.5 Å². The van der Waals surface area contributed by atoms with Crippen LogP contribution in [0, 0.1) is 0 Å². The van der Waals surface area contributed by atoms with Crippen molar-refractivity contribution in [3.63, 3.8) is 0 Å². The van der Waals surface area contributed by atoms with Gasteiger partial charge in [-0.05, 0) is 60.2 Å². The molecule has 0 bridgehead atoms. The summed E-state index contributed by atoms with van der Waals surface area (Å²) in [5, 5.41) is 4.55. The summed E-state index contributed by atoms with van der Waals surface area (Å²) < 4.78 is 5.51. The maximum Gasteiger partial charge on any atom is 0.277 e. The lowest BCUT2D eigenvalue weighted by Crippen LogP contribution is -2.24. The Kier molecular flexibility index (Phi) is 4.93. The van der Waals surface area contributed by atoms with E-state index >= 15 is 0 Å². The Hall–Kier alpha value is -2.33. The first-order chi connectivity index (χ1) is 11.2. The molecule has 0 saturated heterocycles. The molecule has 0 heterocycles. The zero-order valence-corrected chi connectivity index (χ0v) is 13.3. The molecule has 118 valence electrons. The van der Waals surface area contributed by atoms with Gasteiger partial charge >= 0.3 is 0 Å². The number of carbonyl (C=O) groups is 1. The number of halogens is 1. The number of hydrazone groups is 1. The monoisotopic (exact) mass is 328 g/mol. The van der Waals surface area contributed by atoms with Gasteiger partial charge in [0, 0.05) is 5.02 Å². The molecule has 1 aliphatic rings. The van der Waals surface area contributed by atoms with E-state index in [2.05, 4.69) is 16.6 Å². The summed E-state index contributed by atoms with van der Waals surface area (Å²) in [5.41, 5.74) is 6.00. The third kappa shape index (κ3) is 4.33. The normalized spacial score (nSPS) is 13.1. The van der Waals surface area contributed by atoms with Crippen LogP contribution in [0.2, 0.25) is 5.02 Å². The molecule has 1 aliphatic carbocycles. The fourth-order valence-corrected chi connectivity index (χ4v) is 2.67. The second-order valence-corrected chi connectivity index (χ2v) is 5.85. The van der Waals surface area contributed by atoms with Gasteiger partial charge in [-0.25, -0.2) is 5.43 Å². The van der Waals surface area contributed by atoms with Gasteiger partial charge in [-0.1, -0.05) is 29.8 Å². The van der Waals surface area contributed by atoms with Gasteiger partial charge in [0.25, 0.3) is 5.91 Å². The Labute approximate surface area is 140 Å². The van der Waals surface area contributed by atoms with Crippen LogP contribution in [0.5, 0.6) is 5.75 Å². The van der Waals surface area contributed by atoms with Crippen LogP contribution in [0.15, 0.2) is 47.6 Å². The highest BCUT2D eigenvalue weighted by Gasteiger charge is 2.11. The molecule has 0 radical (unpaired) electrons. The van der Waals surface area contributed by atoms with E-state index in [0.29, 0.717) is 5.02 Å². The number of nitrogens with zero attached hydrogens (tertiary/aromatic N) is 1. The van der Waals surface area contributed by atoms with Crippen LogP contribution >= 0.6 is 11.6 Å². The molecule has 0 fully saturated rings. The largest absolute Gasteiger partial charge is 0.484 e. The van der Waals surface area contributed by atoms with Crippen LogP contribution in [-0.4, -0.2) is 18.7 Å². The van der Waals surface area contributed by atoms with Crippen LogP contribution in [0.3, 0.4) is 0 Å². The molecule has 1 N–H and O–H groups in total. The number of fused-ring (bicyclic) bond motifs is 1. The first-order valence-corrected chi connectivity index (χ1v) is 7.90. The predicted molar refractivity (Wildman–Crippen MR) is 91.2 cm³/mol. The lowest BCUT2D eigenvalue weighted by atomic mass is 10.1. The maximum atomic E-state index is 11.7. The lowest BCUT2D eigenvalue weighted by Gasteiger charge is -2.07. The first kappa shape index (κ1) is 15.6. The zero-order valence-electron chi connectivity index (χ0n) is 12.6. The maximum absolute atomic E-state index is 11.7. The van der Waals surface area contributed by atoms with E-state index in [9.17, 15) is 4.79 Å². The molecule has 0 atom stereocenters. The average Bonchev–Trinajstić information content (AvgIpc) is 3.02. The van der Waals surface area contributed by atoms with Crippen molar-refractivity contribution in [3.8, 4) is 5.75 Å². The van der Waals surface area contributed by atoms with Crippen molar-refractivity contribution >= 4 is 23.7 Å². The van der Waals surface area contributed by atoms with Crippen LogP contribution in [0.1, 0.15) is 23.1 Å². The first-order valence-electron chi connectivity index (χ1n) is 7.53. The fraction of sp³-hybridized carbons (Fsp3) is 0.222. The number of hydrogen-bond donors (Lipinski definition) is 1. The van der Waals surface area contributed by atoms with Crippen molar-refractivity contribution in [2.45, 2.75) is 19.3 Å². The SMILES string of the molecule is O=C(COc1ccc2c(c1)CCC2)N/N=C/c1ccc(Cl)cc1. The highest BCUT2D eigenvalue weighted by molar-refractivity contribution is 6.30. The number of nitrogens with one attached hydrogen (secondary N) is 1. The van der Waals surface area contributed by atoms with E-state index in [1.807, 2.05) is 24.3 Å². The number of amides is 1. The third-order valence-electron chi connectivity index (χ3n) is 3.71. The third-order valence-corrected chi connectivity index (χ3v) is 3.96. The predicted octanol–water partition coefficient (Wildman–Crippen LogP) is 3.36. The summed E-state index contributed by atoms with van der Waals surface area (Å²) >= 11 is 5.80. The summed E-state index contributed by atoms with van der Waals surface area (Å²) in [5.74, 6) is 0.429. The number of benzene rings is 2. The Morgan fingerprint density at radius 2 is 1.96 bits per heavy atom. The molecule has 4 nitrogen and oxygen atoms in total. The molecule has 0 spiro atoms. The van der Waals surface area contributed by atoms with E-state index in [0.717, 1.165) is 24.2 Å². The van der Waals surface area contributed by atoms with Gasteiger partial charge in [-0.15, -0.1) is 0 Å². The molecule has 5 heteroatoms. The molecule has 2 aromatic carbocycles. The second kappa shape index (κ2) is 7.29. The minimum atomic E-state index is -0.296. The summed E-state index contributed by atoms with van der Waals surface area (Å²) in [6.07, 6.45) is 4.97. The van der Waals surface area contributed by atoms with E-state index in [1.54, 1.807) is 18.3 Å². The van der Waals surface area contributed by atoms with Gasteiger partial charge in [0.05, 0.1) is 6.21 Å². The molecule has 2 aromatic rings. The van der Waals surface area contributed by atoms with E-state index in [-0.39, 0.29) is 12.5 Å². The van der Waals surface area contributed by atoms with Crippen molar-refractivity contribution in [2.75, 3.05) is 6.61 Å². The summed E-state index contributed by atoms with van der Waals surface area (Å²) in [7, 11) is 0. The molecule has 0 aliphatic heterocycles. The number of carbonyl (C=O) groups excluding carboxylic acids is 1. The van der Waals surface area contributed by atoms with Crippen LogP contribution < -0.4 is 10.2 Å². The summed E-state index contributed by atoms with van der Waals surface area (Å²) in [4.78, 5) is 11.7. The summed E-state index contributed by atoms with van der Waals surface area (Å²) in [6, 6.07) is 13.2. The van der Waals surface area contributed by atoms with E-state index < -0.39 is 0 Å². The molecule has 3 rings (SSSR count). The lowest BCUT2D eigenvalue weighted by molar-refractivity contribution is -0.123. The van der Waals surface area contributed by atoms with Crippen molar-refractivity contribution in [1.82, 2.24) is 5.43 Å². The average molecular weight is 329 g/mol. The van der Waals surface area contributed by atoms with Crippen LogP contribution in [-0.2, 0) is 17.6 Å². The Morgan fingerprint density at radius 3 is 2.78 bits per heavy atom. The highest BCUT2D eigenvalue weighted by Crippen LogP contribution is 2.25. The Bertz CT molecular complexity index is 726. The minimum absolute atomic E-state index is 0.0588. The molecule has 23 heavy (non-hydrogen) atoms. The Balaban J connectivity index is 1.47. The molecule has 1 amide bonds. The van der Waals surface area contributed by atoms with Crippen LogP contribution in [0.4, 0.5) is 0 Å². The topological polar surface area (TPSA) is 50.7 Å². The second-order valence-electron chi connectivity index (χ2n) is 5.42. The van der Waals surface area contributed by atoms with Crippen molar-refractivity contribution in [1.29, 1.82) is 0 Å². The molecular weight excluding hydrogens is 312 g/mol. The van der Waals surface area contributed by atoms with Gasteiger partial charge in [0.2, 0.25) is 0 Å². The van der Waals surface area contributed by atoms with E-state index in [4.69, 9.17) is 16.3 Å². The van der Waals surface area contributed by atoms with Crippen molar-refractivity contribution in [3.05, 3.63) is 64.2 Å². The van der Waals surface area contributed by atoms with Gasteiger partial charge in [-0.3, -0.25) is 4.79 Å². The quantitative estimate of drug-likeness (QED) is 0.676. The molecule has 0 aromatic heterocycles. The van der Waals surface area contributed by atoms with Gasteiger partial charge in [-0.2, -0.15) is 5.10 Å². The van der Waals surface area contributed by atoms with Crippen molar-refractivity contribution < 1.29 is 9.53 Å². The zero-order chi connectivity index (χ0) is 16.1. The number of rotatable bonds is 5. The molecule has 0 saturated carbocycles. The smallest absolute Gasteiger partial charge is 0.277 e. The molecule has 0 unspecified atom stereocenters. The van der Waals surface area contributed by atoms with Crippen molar-refractivity contribution in [2.24, 2.45) is 5.10 Å². The summed E-state index contributed by atoms with van der Waals surface area (Å²) in [6.45, 7) is -0.0588. The van der Waals surface area contributed by atoms with Gasteiger partial charge in [0.1, 0.15) is 5.75 Å². The number of ether oxygens (including phenoxy) is 1. The van der Waals surface area contributed by atoms with Gasteiger partial charge in [0.15, 0.2) is 6.61 Å².